The van der Waals surface area contributed by atoms with Gasteiger partial charge >= 0.3 is 0 Å². The van der Waals surface area contributed by atoms with E-state index in [4.69, 9.17) is 4.74 Å². The van der Waals surface area contributed by atoms with Gasteiger partial charge in [0.1, 0.15) is 17.2 Å². The molecule has 8 heteroatoms. The summed E-state index contributed by atoms with van der Waals surface area (Å²) in [6.45, 7) is 0.480. The smallest absolute Gasteiger partial charge is 0.243 e. The van der Waals surface area contributed by atoms with E-state index in [9.17, 15) is 17.6 Å². The molecular formula is C26H31FN2O4S. The van der Waals surface area contributed by atoms with Crippen molar-refractivity contribution in [2.75, 3.05) is 13.1 Å². The van der Waals surface area contributed by atoms with E-state index in [2.05, 4.69) is 5.32 Å². The minimum absolute atomic E-state index is 0.0487. The highest BCUT2D eigenvalue weighted by Gasteiger charge is 2.43. The molecule has 182 valence electrons. The maximum Gasteiger partial charge on any atom is 0.243 e. The SMILES string of the molecule is O=C(N[C@H]1CC2(CCCCC2)Oc2ccccc21)[C@H]1CCCN(S(=O)(=O)c2ccc(F)cc2)C1. The van der Waals surface area contributed by atoms with Crippen LogP contribution >= 0.6 is 0 Å². The number of hydrogen-bond donors (Lipinski definition) is 1. The minimum atomic E-state index is -3.78. The first-order chi connectivity index (χ1) is 16.4. The molecular weight excluding hydrogens is 455 g/mol. The molecule has 1 spiro atoms. The molecule has 2 fully saturated rings. The number of benzene rings is 2. The highest BCUT2D eigenvalue weighted by Crippen LogP contribution is 2.46. The van der Waals surface area contributed by atoms with E-state index < -0.39 is 21.8 Å². The maximum atomic E-state index is 13.4. The number of fused-ring (bicyclic) bond motifs is 1. The van der Waals surface area contributed by atoms with Gasteiger partial charge in [-0.2, -0.15) is 4.31 Å². The number of halogens is 1. The number of sulfonamides is 1. The Bertz CT molecular complexity index is 1150. The largest absolute Gasteiger partial charge is 0.487 e. The fourth-order valence-corrected chi connectivity index (χ4v) is 7.19. The van der Waals surface area contributed by atoms with Crippen molar-refractivity contribution in [3.05, 3.63) is 59.9 Å². The fraction of sp³-hybridized carbons (Fsp3) is 0.500. The Morgan fingerprint density at radius 3 is 2.53 bits per heavy atom. The monoisotopic (exact) mass is 486 g/mol. The quantitative estimate of drug-likeness (QED) is 0.687. The average Bonchev–Trinajstić information content (AvgIpc) is 2.85. The second kappa shape index (κ2) is 9.30. The number of carbonyl (C=O) groups excluding carboxylic acids is 1. The lowest BCUT2D eigenvalue weighted by molar-refractivity contribution is -0.127. The van der Waals surface area contributed by atoms with E-state index in [-0.39, 0.29) is 29.0 Å². The van der Waals surface area contributed by atoms with Gasteiger partial charge in [-0.15, -0.1) is 0 Å². The molecule has 0 radical (unpaired) electrons. The highest BCUT2D eigenvalue weighted by molar-refractivity contribution is 7.89. The first-order valence-corrected chi connectivity index (χ1v) is 13.6. The first kappa shape index (κ1) is 23.3. The molecule has 1 N–H and O–H groups in total. The summed E-state index contributed by atoms with van der Waals surface area (Å²) in [7, 11) is -3.78. The Hall–Kier alpha value is -2.45. The number of ether oxygens (including phenoxy) is 1. The molecule has 3 aliphatic rings. The van der Waals surface area contributed by atoms with Crippen LogP contribution in [0, 0.1) is 11.7 Å². The van der Waals surface area contributed by atoms with Gasteiger partial charge in [-0.1, -0.05) is 24.6 Å². The van der Waals surface area contributed by atoms with Crippen LogP contribution in [0.5, 0.6) is 5.75 Å². The number of amides is 1. The number of nitrogens with zero attached hydrogens (tertiary/aromatic N) is 1. The number of piperidine rings is 1. The third-order valence-electron chi connectivity index (χ3n) is 7.48. The number of rotatable bonds is 4. The van der Waals surface area contributed by atoms with Crippen molar-refractivity contribution in [2.45, 2.75) is 67.9 Å². The maximum absolute atomic E-state index is 13.4. The zero-order valence-corrected chi connectivity index (χ0v) is 20.0. The van der Waals surface area contributed by atoms with Gasteiger partial charge in [-0.05, 0) is 68.9 Å². The average molecular weight is 487 g/mol. The lowest BCUT2D eigenvalue weighted by Gasteiger charge is -2.45. The van der Waals surface area contributed by atoms with Gasteiger partial charge in [-0.3, -0.25) is 4.79 Å². The molecule has 1 saturated carbocycles. The first-order valence-electron chi connectivity index (χ1n) is 12.2. The van der Waals surface area contributed by atoms with Gasteiger partial charge in [0.05, 0.1) is 16.9 Å². The molecule has 2 aromatic carbocycles. The van der Waals surface area contributed by atoms with Crippen LogP contribution in [0.4, 0.5) is 4.39 Å². The van der Waals surface area contributed by atoms with Crippen molar-refractivity contribution in [1.82, 2.24) is 9.62 Å². The van der Waals surface area contributed by atoms with Crippen LogP contribution in [0.3, 0.4) is 0 Å². The molecule has 6 nitrogen and oxygen atoms in total. The molecule has 1 aliphatic carbocycles. The van der Waals surface area contributed by atoms with E-state index in [0.29, 0.717) is 19.4 Å². The summed E-state index contributed by atoms with van der Waals surface area (Å²) in [6, 6.07) is 12.6. The van der Waals surface area contributed by atoms with Crippen LogP contribution in [0.1, 0.15) is 63.0 Å². The molecule has 2 heterocycles. The predicted octanol–water partition coefficient (Wildman–Crippen LogP) is 4.57. The summed E-state index contributed by atoms with van der Waals surface area (Å²) in [5.41, 5.74) is 0.744. The summed E-state index contributed by atoms with van der Waals surface area (Å²) in [4.78, 5) is 13.4. The normalized spacial score (nSPS) is 24.7. The van der Waals surface area contributed by atoms with Crippen LogP contribution in [0.15, 0.2) is 53.4 Å². The Morgan fingerprint density at radius 1 is 1.03 bits per heavy atom. The Morgan fingerprint density at radius 2 is 1.76 bits per heavy atom. The Labute approximate surface area is 200 Å². The van der Waals surface area contributed by atoms with Crippen molar-refractivity contribution >= 4 is 15.9 Å². The van der Waals surface area contributed by atoms with Crippen LogP contribution in [0.2, 0.25) is 0 Å². The summed E-state index contributed by atoms with van der Waals surface area (Å²) < 4.78 is 47.3. The van der Waals surface area contributed by atoms with Crippen molar-refractivity contribution < 1.29 is 22.3 Å². The lowest BCUT2D eigenvalue weighted by Crippen LogP contribution is -2.49. The number of nitrogens with one attached hydrogen (secondary N) is 1. The van der Waals surface area contributed by atoms with Crippen LogP contribution in [0.25, 0.3) is 0 Å². The van der Waals surface area contributed by atoms with Gasteiger partial charge < -0.3 is 10.1 Å². The number of carbonyl (C=O) groups is 1. The predicted molar refractivity (Wildman–Crippen MR) is 126 cm³/mol. The van der Waals surface area contributed by atoms with Crippen LogP contribution in [-0.4, -0.2) is 37.3 Å². The number of para-hydroxylation sites is 1. The fourth-order valence-electron chi connectivity index (χ4n) is 5.67. The van der Waals surface area contributed by atoms with Gasteiger partial charge in [0, 0.05) is 25.1 Å². The third-order valence-corrected chi connectivity index (χ3v) is 9.36. The molecule has 1 saturated heterocycles. The van der Waals surface area contributed by atoms with Crippen molar-refractivity contribution in [3.8, 4) is 5.75 Å². The van der Waals surface area contributed by atoms with Crippen molar-refractivity contribution in [3.63, 3.8) is 0 Å². The third kappa shape index (κ3) is 4.58. The van der Waals surface area contributed by atoms with Crippen molar-refractivity contribution in [2.24, 2.45) is 5.92 Å². The standard InChI is InChI=1S/C26H31FN2O4S/c27-20-10-12-21(13-11-20)34(31,32)29-16-6-7-19(18-29)25(30)28-23-17-26(14-4-1-5-15-26)33-24-9-3-2-8-22(23)24/h2-3,8-13,19,23H,1,4-7,14-18H2,(H,28,30)/t19-,23-/m0/s1. The summed E-state index contributed by atoms with van der Waals surface area (Å²) in [5.74, 6) is -0.194. The van der Waals surface area contributed by atoms with E-state index in [1.165, 1.54) is 22.9 Å². The molecule has 1 amide bonds. The summed E-state index contributed by atoms with van der Waals surface area (Å²) in [5, 5.41) is 3.25. The molecule has 34 heavy (non-hydrogen) atoms. The van der Waals surface area contributed by atoms with E-state index >= 15 is 0 Å². The Kier molecular flexibility index (Phi) is 6.37. The highest BCUT2D eigenvalue weighted by atomic mass is 32.2. The topological polar surface area (TPSA) is 75.7 Å². The van der Waals surface area contributed by atoms with Gasteiger partial charge in [-0.25, -0.2) is 12.8 Å². The molecule has 2 aromatic rings. The second-order valence-electron chi connectivity index (χ2n) is 9.80. The van der Waals surface area contributed by atoms with E-state index in [1.54, 1.807) is 0 Å². The second-order valence-corrected chi connectivity index (χ2v) is 11.7. The number of hydrogen-bond acceptors (Lipinski definition) is 4. The molecule has 0 aromatic heterocycles. The van der Waals surface area contributed by atoms with Crippen LogP contribution < -0.4 is 10.1 Å². The van der Waals surface area contributed by atoms with E-state index in [0.717, 1.165) is 55.5 Å². The summed E-state index contributed by atoms with van der Waals surface area (Å²) >= 11 is 0. The summed E-state index contributed by atoms with van der Waals surface area (Å²) in [6.07, 6.45) is 7.42. The molecule has 5 rings (SSSR count). The molecule has 2 atom stereocenters. The van der Waals surface area contributed by atoms with Gasteiger partial charge in [0.2, 0.25) is 15.9 Å². The van der Waals surface area contributed by atoms with Crippen LogP contribution in [-0.2, 0) is 14.8 Å². The van der Waals surface area contributed by atoms with Crippen molar-refractivity contribution in [1.29, 1.82) is 0 Å². The minimum Gasteiger partial charge on any atom is -0.487 e. The molecule has 0 unspecified atom stereocenters. The van der Waals surface area contributed by atoms with E-state index in [1.807, 2.05) is 24.3 Å². The van der Waals surface area contributed by atoms with Gasteiger partial charge in [0.25, 0.3) is 0 Å². The molecule has 0 bridgehead atoms. The zero-order valence-electron chi connectivity index (χ0n) is 19.2. The Balaban J connectivity index is 1.32. The zero-order chi connectivity index (χ0) is 23.8. The van der Waals surface area contributed by atoms with Gasteiger partial charge in [0.15, 0.2) is 0 Å². The molecule has 2 aliphatic heterocycles. The lowest BCUT2D eigenvalue weighted by atomic mass is 9.77.